The maximum atomic E-state index is 4.99. The Balaban J connectivity index is 2.28. The van der Waals surface area contributed by atoms with Crippen molar-refractivity contribution in [3.05, 3.63) is 71.8 Å². The molecule has 0 aromatic heterocycles. The van der Waals surface area contributed by atoms with Crippen molar-refractivity contribution >= 4 is 14.5 Å². The van der Waals surface area contributed by atoms with E-state index in [0.717, 1.165) is 19.5 Å². The summed E-state index contributed by atoms with van der Waals surface area (Å²) in [5, 5.41) is 0. The van der Waals surface area contributed by atoms with Crippen LogP contribution in [0.2, 0.25) is 19.6 Å². The molecule has 2 aromatic rings. The van der Waals surface area contributed by atoms with E-state index in [1.54, 1.807) is 0 Å². The summed E-state index contributed by atoms with van der Waals surface area (Å²) in [6.45, 7) is 13.4. The van der Waals surface area contributed by atoms with Crippen LogP contribution in [0.3, 0.4) is 0 Å². The van der Waals surface area contributed by atoms with Crippen LogP contribution in [-0.4, -0.2) is 25.4 Å². The molecule has 2 rings (SSSR count). The molecule has 3 heteroatoms. The molecular weight excluding hydrogens is 332 g/mol. The van der Waals surface area contributed by atoms with Gasteiger partial charge in [0, 0.05) is 25.3 Å². The third-order valence-electron chi connectivity index (χ3n) is 4.27. The van der Waals surface area contributed by atoms with Crippen LogP contribution in [0.15, 0.2) is 65.3 Å². The maximum Gasteiger partial charge on any atom is 0.171 e. The van der Waals surface area contributed by atoms with Crippen LogP contribution >= 0.6 is 0 Å². The van der Waals surface area contributed by atoms with Crippen LogP contribution in [0.5, 0.6) is 0 Å². The minimum Gasteiger partial charge on any atom is -0.332 e. The minimum absolute atomic E-state index is 0.363. The van der Waals surface area contributed by atoms with Crippen molar-refractivity contribution in [2.45, 2.75) is 59.0 Å². The largest absolute Gasteiger partial charge is 0.332 e. The molecule has 0 heterocycles. The molecule has 2 aromatic carbocycles. The van der Waals surface area contributed by atoms with Crippen molar-refractivity contribution in [1.29, 1.82) is 0 Å². The van der Waals surface area contributed by atoms with E-state index >= 15 is 0 Å². The topological polar surface area (TPSA) is 15.6 Å². The maximum absolute atomic E-state index is 4.99. The number of nitrogens with zero attached hydrogens (tertiary/aromatic N) is 2. The molecule has 0 unspecified atom stereocenters. The fourth-order valence-electron chi connectivity index (χ4n) is 3.02. The normalized spacial score (nSPS) is 13.7. The van der Waals surface area contributed by atoms with Gasteiger partial charge in [-0.3, -0.25) is 4.90 Å². The smallest absolute Gasteiger partial charge is 0.171 e. The zero-order chi connectivity index (χ0) is 19.0. The van der Waals surface area contributed by atoms with Crippen molar-refractivity contribution < 1.29 is 0 Å². The van der Waals surface area contributed by atoms with Gasteiger partial charge in [0.15, 0.2) is 8.24 Å². The molecule has 0 aliphatic rings. The Morgan fingerprint density at radius 2 is 1.31 bits per heavy atom. The van der Waals surface area contributed by atoms with Crippen LogP contribution < -0.4 is 0 Å². The second-order valence-corrected chi connectivity index (χ2v) is 13.1. The molecule has 140 valence electrons. The fourth-order valence-corrected chi connectivity index (χ4v) is 3.64. The van der Waals surface area contributed by atoms with Crippen molar-refractivity contribution in [2.24, 2.45) is 10.6 Å². The zero-order valence-corrected chi connectivity index (χ0v) is 18.0. The fraction of sp³-hybridized carbons (Fsp3) is 0.435. The van der Waals surface area contributed by atoms with Gasteiger partial charge in [-0.05, 0) is 43.1 Å². The number of benzene rings is 2. The van der Waals surface area contributed by atoms with Crippen molar-refractivity contribution in [3.63, 3.8) is 0 Å². The second kappa shape index (κ2) is 9.84. The highest BCUT2D eigenvalue weighted by Gasteiger charge is 2.20. The first-order chi connectivity index (χ1) is 12.3. The molecule has 2 nitrogen and oxygen atoms in total. The van der Waals surface area contributed by atoms with E-state index in [1.807, 2.05) is 0 Å². The van der Waals surface area contributed by atoms with Crippen molar-refractivity contribution in [2.75, 3.05) is 0 Å². The van der Waals surface area contributed by atoms with Gasteiger partial charge in [-0.2, -0.15) is 0 Å². The summed E-state index contributed by atoms with van der Waals surface area (Å²) >= 11 is 0. The van der Waals surface area contributed by atoms with E-state index < -0.39 is 8.24 Å². The summed E-state index contributed by atoms with van der Waals surface area (Å²) in [6.07, 6.45) is 3.38. The molecule has 0 saturated heterocycles. The van der Waals surface area contributed by atoms with Gasteiger partial charge in [0.1, 0.15) is 0 Å². The Morgan fingerprint density at radius 3 is 1.69 bits per heavy atom. The molecule has 26 heavy (non-hydrogen) atoms. The van der Waals surface area contributed by atoms with Crippen LogP contribution in [0.25, 0.3) is 0 Å². The Labute approximate surface area is 161 Å². The zero-order valence-electron chi connectivity index (χ0n) is 17.0. The molecule has 0 amide bonds. The molecule has 0 bridgehead atoms. The lowest BCUT2D eigenvalue weighted by molar-refractivity contribution is 0.205. The summed E-state index contributed by atoms with van der Waals surface area (Å²) in [4.78, 5) is 2.58. The van der Waals surface area contributed by atoms with Gasteiger partial charge < -0.3 is 4.66 Å². The third kappa shape index (κ3) is 7.67. The molecule has 0 fully saturated rings. The van der Waals surface area contributed by atoms with Gasteiger partial charge in [0.25, 0.3) is 0 Å². The highest BCUT2D eigenvalue weighted by Crippen LogP contribution is 2.18. The van der Waals surface area contributed by atoms with Gasteiger partial charge in [0.05, 0.1) is 0 Å². The Morgan fingerprint density at radius 1 is 0.846 bits per heavy atom. The van der Waals surface area contributed by atoms with Crippen LogP contribution in [0.4, 0.5) is 0 Å². The molecule has 0 spiro atoms. The summed E-state index contributed by atoms with van der Waals surface area (Å²) in [6, 6.07) is 21.9. The number of hydrogen-bond acceptors (Lipinski definition) is 2. The molecule has 0 aliphatic heterocycles. The number of hydrogen-bond donors (Lipinski definition) is 0. The highest BCUT2D eigenvalue weighted by atomic mass is 28.3. The third-order valence-corrected chi connectivity index (χ3v) is 5.20. The SMILES string of the molecule is CC(C)C[C@@H](/C=N/[Si](C)(C)C)N(Cc1ccccc1)Cc1ccccc1. The summed E-state index contributed by atoms with van der Waals surface area (Å²) in [5.41, 5.74) is 2.72. The van der Waals surface area contributed by atoms with Gasteiger partial charge in [-0.1, -0.05) is 74.5 Å². The monoisotopic (exact) mass is 366 g/mol. The first kappa shape index (κ1) is 20.6. The van der Waals surface area contributed by atoms with Gasteiger partial charge in [0.2, 0.25) is 0 Å². The van der Waals surface area contributed by atoms with Gasteiger partial charge >= 0.3 is 0 Å². The lowest BCUT2D eigenvalue weighted by Crippen LogP contribution is -2.37. The molecular formula is C23H34N2Si. The minimum atomic E-state index is -1.46. The molecule has 0 aliphatic carbocycles. The molecule has 1 atom stereocenters. The summed E-state index contributed by atoms with van der Waals surface area (Å²) in [5.74, 6) is 0.641. The highest BCUT2D eigenvalue weighted by molar-refractivity contribution is 6.75. The van der Waals surface area contributed by atoms with Crippen LogP contribution in [-0.2, 0) is 13.1 Å². The Kier molecular flexibility index (Phi) is 7.79. The molecule has 0 saturated carbocycles. The Hall–Kier alpha value is -1.71. The molecule has 0 N–H and O–H groups in total. The van der Waals surface area contributed by atoms with E-state index in [9.17, 15) is 0 Å². The van der Waals surface area contributed by atoms with Crippen LogP contribution in [0, 0.1) is 5.92 Å². The standard InChI is InChI=1S/C23H34N2Si/c1-20(2)16-23(17-24-26(3,4)5)25(18-21-12-8-6-9-13-21)19-22-14-10-7-11-15-22/h6-15,17,20,23H,16,18-19H2,1-5H3/b24-17+/t23-/m0/s1. The van der Waals surface area contributed by atoms with E-state index in [2.05, 4.69) is 105 Å². The first-order valence-electron chi connectivity index (χ1n) is 9.71. The van der Waals surface area contributed by atoms with E-state index in [1.165, 1.54) is 11.1 Å². The van der Waals surface area contributed by atoms with Crippen molar-refractivity contribution in [1.82, 2.24) is 4.90 Å². The lowest BCUT2D eigenvalue weighted by atomic mass is 10.0. The summed E-state index contributed by atoms with van der Waals surface area (Å²) in [7, 11) is -1.46. The Bertz CT molecular complexity index is 618. The van der Waals surface area contributed by atoms with E-state index in [4.69, 9.17) is 4.66 Å². The molecule has 0 radical (unpaired) electrons. The van der Waals surface area contributed by atoms with Crippen LogP contribution in [0.1, 0.15) is 31.4 Å². The van der Waals surface area contributed by atoms with Gasteiger partial charge in [-0.15, -0.1) is 0 Å². The summed E-state index contributed by atoms with van der Waals surface area (Å²) < 4.78 is 4.99. The lowest BCUT2D eigenvalue weighted by Gasteiger charge is -2.31. The number of rotatable bonds is 9. The second-order valence-electron chi connectivity index (χ2n) is 8.52. The average Bonchev–Trinajstić information content (AvgIpc) is 2.59. The quantitative estimate of drug-likeness (QED) is 0.392. The van der Waals surface area contributed by atoms with E-state index in [-0.39, 0.29) is 0 Å². The predicted molar refractivity (Wildman–Crippen MR) is 117 cm³/mol. The van der Waals surface area contributed by atoms with E-state index in [0.29, 0.717) is 12.0 Å². The predicted octanol–water partition coefficient (Wildman–Crippen LogP) is 6.01. The van der Waals surface area contributed by atoms with Gasteiger partial charge in [-0.25, -0.2) is 0 Å². The van der Waals surface area contributed by atoms with Crippen molar-refractivity contribution in [3.8, 4) is 0 Å². The first-order valence-corrected chi connectivity index (χ1v) is 13.2. The average molecular weight is 367 g/mol.